The zero-order valence-corrected chi connectivity index (χ0v) is 15.6. The number of nitrogens with zero attached hydrogens (tertiary/aromatic N) is 1. The highest BCUT2D eigenvalue weighted by Crippen LogP contribution is 2.18. The Morgan fingerprint density at radius 3 is 2.33 bits per heavy atom. The van der Waals surface area contributed by atoms with Crippen molar-refractivity contribution in [3.8, 4) is 0 Å². The van der Waals surface area contributed by atoms with Gasteiger partial charge in [-0.1, -0.05) is 18.2 Å². The van der Waals surface area contributed by atoms with Crippen LogP contribution >= 0.6 is 0 Å². The molecular formula is C18H19FN2O5S. The first kappa shape index (κ1) is 20.5. The predicted octanol–water partition coefficient (Wildman–Crippen LogP) is 1.55. The van der Waals surface area contributed by atoms with Gasteiger partial charge in [-0.15, -0.1) is 0 Å². The fourth-order valence-corrected chi connectivity index (χ4v) is 3.26. The van der Waals surface area contributed by atoms with Crippen molar-refractivity contribution >= 4 is 21.9 Å². The van der Waals surface area contributed by atoms with E-state index in [1.165, 1.54) is 32.3 Å². The molecule has 9 heteroatoms. The molecule has 0 aliphatic heterocycles. The summed E-state index contributed by atoms with van der Waals surface area (Å²) in [6.07, 6.45) is 0. The van der Waals surface area contributed by atoms with Crippen molar-refractivity contribution < 1.29 is 27.1 Å². The number of benzene rings is 2. The van der Waals surface area contributed by atoms with Crippen LogP contribution in [0.3, 0.4) is 0 Å². The number of hydrogen-bond donors (Lipinski definition) is 1. The van der Waals surface area contributed by atoms with Gasteiger partial charge in [0.2, 0.25) is 10.0 Å². The number of rotatable bonds is 7. The molecule has 0 aliphatic carbocycles. The van der Waals surface area contributed by atoms with Crippen LogP contribution in [-0.2, 0) is 26.1 Å². The number of amides is 1. The Hall–Kier alpha value is -2.78. The molecule has 2 aromatic rings. The van der Waals surface area contributed by atoms with E-state index in [0.29, 0.717) is 5.56 Å². The van der Waals surface area contributed by atoms with E-state index >= 15 is 0 Å². The van der Waals surface area contributed by atoms with Crippen molar-refractivity contribution in [2.45, 2.75) is 11.4 Å². The molecule has 0 radical (unpaired) electrons. The third-order valence-corrected chi connectivity index (χ3v) is 5.54. The molecule has 2 aromatic carbocycles. The number of esters is 1. The van der Waals surface area contributed by atoms with Gasteiger partial charge in [-0.05, 0) is 35.9 Å². The molecule has 7 nitrogen and oxygen atoms in total. The van der Waals surface area contributed by atoms with Crippen molar-refractivity contribution in [3.63, 3.8) is 0 Å². The van der Waals surface area contributed by atoms with Crippen LogP contribution in [0.1, 0.15) is 15.9 Å². The number of carbonyl (C=O) groups excluding carboxylic acids is 2. The Labute approximate surface area is 156 Å². The van der Waals surface area contributed by atoms with Crippen molar-refractivity contribution in [1.29, 1.82) is 0 Å². The highest BCUT2D eigenvalue weighted by Gasteiger charge is 2.21. The normalized spacial score (nSPS) is 11.3. The maximum atomic E-state index is 12.8. The van der Waals surface area contributed by atoms with Gasteiger partial charge < -0.3 is 10.1 Å². The van der Waals surface area contributed by atoms with Gasteiger partial charge in [0.25, 0.3) is 5.91 Å². The topological polar surface area (TPSA) is 92.8 Å². The van der Waals surface area contributed by atoms with Crippen LogP contribution in [0, 0.1) is 5.82 Å². The van der Waals surface area contributed by atoms with E-state index in [4.69, 9.17) is 4.74 Å². The molecule has 1 amide bonds. The third kappa shape index (κ3) is 5.35. The smallest absolute Gasteiger partial charge is 0.338 e. The second-order valence-electron chi connectivity index (χ2n) is 5.75. The first-order chi connectivity index (χ1) is 12.7. The highest BCUT2D eigenvalue weighted by atomic mass is 32.2. The molecule has 0 aromatic heterocycles. The molecule has 0 aliphatic rings. The van der Waals surface area contributed by atoms with Crippen molar-refractivity contribution in [3.05, 3.63) is 65.5 Å². The summed E-state index contributed by atoms with van der Waals surface area (Å²) >= 11 is 0. The molecule has 2 rings (SSSR count). The summed E-state index contributed by atoms with van der Waals surface area (Å²) < 4.78 is 43.4. The summed E-state index contributed by atoms with van der Waals surface area (Å²) in [4.78, 5) is 23.8. The molecule has 0 saturated carbocycles. The zero-order valence-electron chi connectivity index (χ0n) is 14.8. The summed E-state index contributed by atoms with van der Waals surface area (Å²) in [6.45, 7) is -0.588. The molecule has 0 fully saturated rings. The van der Waals surface area contributed by atoms with Crippen LogP contribution < -0.4 is 5.32 Å². The Morgan fingerprint density at radius 1 is 1.07 bits per heavy atom. The minimum absolute atomic E-state index is 0.0455. The number of ether oxygens (including phenoxy) is 1. The predicted molar refractivity (Wildman–Crippen MR) is 95.8 cm³/mol. The Bertz CT molecular complexity index is 927. The van der Waals surface area contributed by atoms with Gasteiger partial charge in [0, 0.05) is 20.6 Å². The maximum absolute atomic E-state index is 12.8. The third-order valence-electron chi connectivity index (χ3n) is 3.62. The molecule has 0 atom stereocenters. The summed E-state index contributed by atoms with van der Waals surface area (Å²) in [6, 6.07) is 11.0. The molecule has 1 N–H and O–H groups in total. The fraction of sp³-hybridized carbons (Fsp3) is 0.222. The average molecular weight is 394 g/mol. The van der Waals surface area contributed by atoms with Gasteiger partial charge in [-0.25, -0.2) is 21.9 Å². The van der Waals surface area contributed by atoms with E-state index in [2.05, 4.69) is 5.32 Å². The van der Waals surface area contributed by atoms with E-state index in [9.17, 15) is 22.4 Å². The first-order valence-electron chi connectivity index (χ1n) is 7.91. The van der Waals surface area contributed by atoms with E-state index in [-0.39, 0.29) is 17.0 Å². The van der Waals surface area contributed by atoms with E-state index < -0.39 is 34.3 Å². The van der Waals surface area contributed by atoms with Crippen molar-refractivity contribution in [2.75, 3.05) is 20.7 Å². The lowest BCUT2D eigenvalue weighted by molar-refractivity contribution is -0.124. The summed E-state index contributed by atoms with van der Waals surface area (Å²) in [5, 5.41) is 2.51. The van der Waals surface area contributed by atoms with Crippen molar-refractivity contribution in [1.82, 2.24) is 9.62 Å². The number of hydrogen-bond acceptors (Lipinski definition) is 5. The van der Waals surface area contributed by atoms with E-state index in [0.717, 1.165) is 16.4 Å². The van der Waals surface area contributed by atoms with Gasteiger partial charge in [0.1, 0.15) is 5.82 Å². The second-order valence-corrected chi connectivity index (χ2v) is 7.88. The summed E-state index contributed by atoms with van der Waals surface area (Å²) in [7, 11) is -0.822. The van der Waals surface area contributed by atoms with Crippen LogP contribution in [0.4, 0.5) is 4.39 Å². The average Bonchev–Trinajstić information content (AvgIpc) is 2.65. The molecular weight excluding hydrogens is 375 g/mol. The molecule has 27 heavy (non-hydrogen) atoms. The standard InChI is InChI=1S/C18H19FN2O5S/c1-21(2)27(24,25)16-6-4-3-5-14(16)11-20-17(22)12-26-18(23)13-7-9-15(19)10-8-13/h3-10H,11-12H2,1-2H3,(H,20,22). The second kappa shape index (κ2) is 8.74. The minimum Gasteiger partial charge on any atom is -0.452 e. The first-order valence-corrected chi connectivity index (χ1v) is 9.35. The SMILES string of the molecule is CN(C)S(=O)(=O)c1ccccc1CNC(=O)COC(=O)c1ccc(F)cc1. The van der Waals surface area contributed by atoms with Gasteiger partial charge in [0.15, 0.2) is 6.61 Å². The Kier molecular flexibility index (Phi) is 6.65. The van der Waals surface area contributed by atoms with Crippen LogP contribution in [0.5, 0.6) is 0 Å². The van der Waals surface area contributed by atoms with Gasteiger partial charge >= 0.3 is 5.97 Å². The molecule has 0 bridgehead atoms. The lowest BCUT2D eigenvalue weighted by Crippen LogP contribution is -2.30. The highest BCUT2D eigenvalue weighted by molar-refractivity contribution is 7.89. The van der Waals surface area contributed by atoms with Crippen LogP contribution in [-0.4, -0.2) is 45.3 Å². The number of sulfonamides is 1. The van der Waals surface area contributed by atoms with E-state index in [1.54, 1.807) is 18.2 Å². The summed E-state index contributed by atoms with van der Waals surface area (Å²) in [5.74, 6) is -1.85. The van der Waals surface area contributed by atoms with Gasteiger partial charge in [0.05, 0.1) is 10.5 Å². The molecule has 0 saturated heterocycles. The quantitative estimate of drug-likeness (QED) is 0.720. The van der Waals surface area contributed by atoms with Gasteiger partial charge in [-0.3, -0.25) is 4.79 Å². The van der Waals surface area contributed by atoms with Crippen molar-refractivity contribution in [2.24, 2.45) is 0 Å². The lowest BCUT2D eigenvalue weighted by atomic mass is 10.2. The van der Waals surface area contributed by atoms with Gasteiger partial charge in [-0.2, -0.15) is 0 Å². The van der Waals surface area contributed by atoms with Crippen LogP contribution in [0.15, 0.2) is 53.4 Å². The maximum Gasteiger partial charge on any atom is 0.338 e. The molecule has 0 heterocycles. The van der Waals surface area contributed by atoms with Crippen LogP contribution in [0.2, 0.25) is 0 Å². The number of halogens is 1. The van der Waals surface area contributed by atoms with Crippen LogP contribution in [0.25, 0.3) is 0 Å². The summed E-state index contributed by atoms with van der Waals surface area (Å²) in [5.41, 5.74) is 0.524. The Morgan fingerprint density at radius 2 is 1.70 bits per heavy atom. The lowest BCUT2D eigenvalue weighted by Gasteiger charge is -2.15. The molecule has 0 unspecified atom stereocenters. The van der Waals surface area contributed by atoms with E-state index in [1.807, 2.05) is 0 Å². The zero-order chi connectivity index (χ0) is 20.0. The fourth-order valence-electron chi connectivity index (χ4n) is 2.14. The monoisotopic (exact) mass is 394 g/mol. The minimum atomic E-state index is -3.65. The molecule has 0 spiro atoms. The largest absolute Gasteiger partial charge is 0.452 e. The molecule has 144 valence electrons. The Balaban J connectivity index is 1.95. The number of carbonyl (C=O) groups is 2. The number of nitrogens with one attached hydrogen (secondary N) is 1.